The molecule has 0 aromatic heterocycles. The summed E-state index contributed by atoms with van der Waals surface area (Å²) in [6.07, 6.45) is 2.43. The van der Waals surface area contributed by atoms with Crippen LogP contribution in [0.5, 0.6) is 5.75 Å². The van der Waals surface area contributed by atoms with Crippen molar-refractivity contribution >= 4 is 5.69 Å². The van der Waals surface area contributed by atoms with E-state index in [9.17, 15) is 0 Å². The second-order valence-corrected chi connectivity index (χ2v) is 5.48. The predicted molar refractivity (Wildman–Crippen MR) is 87.8 cm³/mol. The third-order valence-electron chi connectivity index (χ3n) is 3.46. The van der Waals surface area contributed by atoms with Gasteiger partial charge < -0.3 is 15.0 Å². The first-order chi connectivity index (χ1) is 9.62. The van der Waals surface area contributed by atoms with Gasteiger partial charge in [0, 0.05) is 25.7 Å². The van der Waals surface area contributed by atoms with Crippen molar-refractivity contribution in [2.75, 3.05) is 25.1 Å². The number of nitrogens with one attached hydrogen (secondary N) is 1. The van der Waals surface area contributed by atoms with Crippen molar-refractivity contribution < 1.29 is 4.74 Å². The molecule has 0 bridgehead atoms. The molecule has 1 aromatic carbocycles. The number of ether oxygens (including phenoxy) is 1. The van der Waals surface area contributed by atoms with E-state index in [0.29, 0.717) is 6.04 Å². The lowest BCUT2D eigenvalue weighted by Gasteiger charge is -2.25. The molecule has 0 saturated heterocycles. The fourth-order valence-corrected chi connectivity index (χ4v) is 2.21. The first kappa shape index (κ1) is 16.8. The Balaban J connectivity index is 2.85. The van der Waals surface area contributed by atoms with E-state index in [0.717, 1.165) is 25.4 Å². The van der Waals surface area contributed by atoms with E-state index < -0.39 is 0 Å². The third kappa shape index (κ3) is 5.04. The minimum absolute atomic E-state index is 0.498. The minimum atomic E-state index is 0.498. The highest BCUT2D eigenvalue weighted by atomic mass is 16.5. The van der Waals surface area contributed by atoms with Gasteiger partial charge >= 0.3 is 0 Å². The van der Waals surface area contributed by atoms with Crippen molar-refractivity contribution in [2.24, 2.45) is 0 Å². The van der Waals surface area contributed by atoms with Gasteiger partial charge in [-0.25, -0.2) is 0 Å². The average molecular weight is 278 g/mol. The zero-order chi connectivity index (χ0) is 15.0. The lowest BCUT2D eigenvalue weighted by Crippen LogP contribution is -2.25. The second-order valence-electron chi connectivity index (χ2n) is 5.48. The van der Waals surface area contributed by atoms with E-state index in [1.807, 2.05) is 0 Å². The Morgan fingerprint density at radius 3 is 2.55 bits per heavy atom. The molecular weight excluding hydrogens is 248 g/mol. The molecule has 20 heavy (non-hydrogen) atoms. The maximum absolute atomic E-state index is 5.59. The molecule has 0 spiro atoms. The van der Waals surface area contributed by atoms with E-state index in [-0.39, 0.29) is 0 Å². The van der Waals surface area contributed by atoms with Crippen molar-refractivity contribution in [2.45, 2.75) is 53.1 Å². The van der Waals surface area contributed by atoms with Crippen molar-refractivity contribution in [3.8, 4) is 5.75 Å². The molecule has 1 aromatic rings. The summed E-state index contributed by atoms with van der Waals surface area (Å²) in [4.78, 5) is 2.39. The van der Waals surface area contributed by atoms with E-state index in [1.54, 1.807) is 7.11 Å². The number of hydrogen-bond acceptors (Lipinski definition) is 3. The topological polar surface area (TPSA) is 24.5 Å². The Morgan fingerprint density at radius 1 is 1.25 bits per heavy atom. The predicted octanol–water partition coefficient (Wildman–Crippen LogP) is 3.82. The number of benzene rings is 1. The van der Waals surface area contributed by atoms with E-state index in [2.05, 4.69) is 56.1 Å². The zero-order valence-electron chi connectivity index (χ0n) is 13.7. The molecule has 3 nitrogen and oxygen atoms in total. The third-order valence-corrected chi connectivity index (χ3v) is 3.46. The second kappa shape index (κ2) is 8.85. The van der Waals surface area contributed by atoms with Crippen LogP contribution >= 0.6 is 0 Å². The van der Waals surface area contributed by atoms with Crippen molar-refractivity contribution in [3.63, 3.8) is 0 Å². The van der Waals surface area contributed by atoms with Gasteiger partial charge in [-0.15, -0.1) is 0 Å². The van der Waals surface area contributed by atoms with Crippen LogP contribution in [0, 0.1) is 0 Å². The van der Waals surface area contributed by atoms with E-state index in [4.69, 9.17) is 4.74 Å². The smallest absolute Gasteiger partial charge is 0.142 e. The Kier molecular flexibility index (Phi) is 7.45. The van der Waals surface area contributed by atoms with Crippen molar-refractivity contribution in [1.29, 1.82) is 0 Å². The van der Waals surface area contributed by atoms with Gasteiger partial charge in [0.1, 0.15) is 5.75 Å². The number of methoxy groups -OCH3 is 1. The van der Waals surface area contributed by atoms with Crippen LogP contribution in [-0.4, -0.2) is 26.2 Å². The molecule has 0 heterocycles. The van der Waals surface area contributed by atoms with Crippen LogP contribution in [0.3, 0.4) is 0 Å². The van der Waals surface area contributed by atoms with E-state index >= 15 is 0 Å². The van der Waals surface area contributed by atoms with Crippen LogP contribution in [0.15, 0.2) is 18.2 Å². The summed E-state index contributed by atoms with van der Waals surface area (Å²) in [6, 6.07) is 7.04. The Morgan fingerprint density at radius 2 is 2.00 bits per heavy atom. The molecule has 0 fully saturated rings. The molecule has 0 saturated carbocycles. The lowest BCUT2D eigenvalue weighted by molar-refractivity contribution is 0.413. The highest BCUT2D eigenvalue weighted by molar-refractivity contribution is 5.59. The molecule has 1 rings (SSSR count). The van der Waals surface area contributed by atoms with Crippen LogP contribution < -0.4 is 15.0 Å². The first-order valence-electron chi connectivity index (χ1n) is 7.77. The van der Waals surface area contributed by atoms with Crippen molar-refractivity contribution in [1.82, 2.24) is 5.32 Å². The summed E-state index contributed by atoms with van der Waals surface area (Å²) in [5, 5.41) is 3.44. The number of rotatable bonds is 9. The molecule has 0 aliphatic heterocycles. The fourth-order valence-electron chi connectivity index (χ4n) is 2.21. The van der Waals surface area contributed by atoms with Crippen molar-refractivity contribution in [3.05, 3.63) is 23.8 Å². The quantitative estimate of drug-likeness (QED) is 0.743. The zero-order valence-corrected chi connectivity index (χ0v) is 13.7. The normalized spacial score (nSPS) is 10.9. The van der Waals surface area contributed by atoms with Crippen LogP contribution in [0.25, 0.3) is 0 Å². The monoisotopic (exact) mass is 278 g/mol. The van der Waals surface area contributed by atoms with E-state index in [1.165, 1.54) is 24.1 Å². The summed E-state index contributed by atoms with van der Waals surface area (Å²) in [7, 11) is 1.76. The summed E-state index contributed by atoms with van der Waals surface area (Å²) in [5.41, 5.74) is 2.47. The molecule has 0 radical (unpaired) electrons. The SMILES string of the molecule is CCCCN(CC)c1ccc(CNC(C)C)cc1OC. The highest BCUT2D eigenvalue weighted by Gasteiger charge is 2.11. The maximum atomic E-state index is 5.59. The Bertz CT molecular complexity index is 391. The average Bonchev–Trinajstić information content (AvgIpc) is 2.46. The molecule has 0 amide bonds. The van der Waals surface area contributed by atoms with Gasteiger partial charge in [0.05, 0.1) is 12.8 Å². The van der Waals surface area contributed by atoms with Gasteiger partial charge in [0.15, 0.2) is 0 Å². The molecule has 114 valence electrons. The maximum Gasteiger partial charge on any atom is 0.142 e. The molecule has 0 atom stereocenters. The summed E-state index contributed by atoms with van der Waals surface area (Å²) in [5.74, 6) is 0.978. The molecule has 0 aliphatic carbocycles. The Labute approximate surface area is 124 Å². The summed E-state index contributed by atoms with van der Waals surface area (Å²) < 4.78 is 5.59. The highest BCUT2D eigenvalue weighted by Crippen LogP contribution is 2.29. The van der Waals surface area contributed by atoms with Gasteiger partial charge in [0.2, 0.25) is 0 Å². The van der Waals surface area contributed by atoms with Crippen LogP contribution in [0.1, 0.15) is 46.1 Å². The standard InChI is InChI=1S/C17H30N2O/c1-6-8-11-19(7-2)16-10-9-15(12-17(16)20-5)13-18-14(3)4/h9-10,12,14,18H,6-8,11,13H2,1-5H3. The van der Waals surface area contributed by atoms with Gasteiger partial charge in [0.25, 0.3) is 0 Å². The molecule has 3 heteroatoms. The number of nitrogens with zero attached hydrogens (tertiary/aromatic N) is 1. The molecule has 0 aliphatic rings. The Hall–Kier alpha value is -1.22. The van der Waals surface area contributed by atoms with Gasteiger partial charge in [-0.2, -0.15) is 0 Å². The lowest BCUT2D eigenvalue weighted by atomic mass is 10.1. The summed E-state index contributed by atoms with van der Waals surface area (Å²) >= 11 is 0. The van der Waals surface area contributed by atoms with Gasteiger partial charge in [-0.05, 0) is 31.0 Å². The number of hydrogen-bond donors (Lipinski definition) is 1. The van der Waals surface area contributed by atoms with Crippen LogP contribution in [0.2, 0.25) is 0 Å². The first-order valence-corrected chi connectivity index (χ1v) is 7.77. The molecule has 0 unspecified atom stereocenters. The molecular formula is C17H30N2O. The summed E-state index contributed by atoms with van der Waals surface area (Å²) in [6.45, 7) is 11.7. The number of anilines is 1. The fraction of sp³-hybridized carbons (Fsp3) is 0.647. The largest absolute Gasteiger partial charge is 0.495 e. The minimum Gasteiger partial charge on any atom is -0.495 e. The van der Waals surface area contributed by atoms with Crippen LogP contribution in [0.4, 0.5) is 5.69 Å². The van der Waals surface area contributed by atoms with Crippen LogP contribution in [-0.2, 0) is 6.54 Å². The van der Waals surface area contributed by atoms with Gasteiger partial charge in [-0.1, -0.05) is 33.3 Å². The molecule has 1 N–H and O–H groups in total. The van der Waals surface area contributed by atoms with Gasteiger partial charge in [-0.3, -0.25) is 0 Å². The number of unbranched alkanes of at least 4 members (excludes halogenated alkanes) is 1.